The Morgan fingerprint density at radius 1 is 1.38 bits per heavy atom. The molecule has 0 aromatic heterocycles. The van der Waals surface area contributed by atoms with Crippen LogP contribution in [0.15, 0.2) is 24.3 Å². The summed E-state index contributed by atoms with van der Waals surface area (Å²) in [6, 6.07) is 7.25. The highest BCUT2D eigenvalue weighted by molar-refractivity contribution is 5.96. The fourth-order valence-corrected chi connectivity index (χ4v) is 1.42. The molecule has 1 unspecified atom stereocenters. The molecule has 0 aliphatic carbocycles. The van der Waals surface area contributed by atoms with E-state index < -0.39 is 0 Å². The zero-order valence-corrected chi connectivity index (χ0v) is 9.90. The molecule has 1 aromatic carbocycles. The van der Waals surface area contributed by atoms with Crippen LogP contribution in [-0.2, 0) is 0 Å². The van der Waals surface area contributed by atoms with Crippen LogP contribution in [0.3, 0.4) is 0 Å². The lowest BCUT2D eigenvalue weighted by molar-refractivity contribution is 0.0966. The fourth-order valence-electron chi connectivity index (χ4n) is 1.42. The van der Waals surface area contributed by atoms with Crippen LogP contribution in [0, 0.1) is 5.92 Å². The summed E-state index contributed by atoms with van der Waals surface area (Å²) < 4.78 is 5.31. The first-order valence-corrected chi connectivity index (χ1v) is 5.63. The van der Waals surface area contributed by atoms with Crippen LogP contribution in [0.1, 0.15) is 30.6 Å². The van der Waals surface area contributed by atoms with Gasteiger partial charge in [0.05, 0.1) is 6.61 Å². The molecule has 0 radical (unpaired) electrons. The Bertz CT molecular complexity index is 332. The number of hydrogen-bond acceptors (Lipinski definition) is 3. The maximum absolute atomic E-state index is 11.8. The maximum Gasteiger partial charge on any atom is 0.163 e. The predicted octanol–water partition coefficient (Wildman–Crippen LogP) is 2.25. The molecule has 88 valence electrons. The van der Waals surface area contributed by atoms with Gasteiger partial charge in [-0.2, -0.15) is 0 Å². The molecule has 0 bridgehead atoms. The van der Waals surface area contributed by atoms with Gasteiger partial charge < -0.3 is 10.5 Å². The van der Waals surface area contributed by atoms with Gasteiger partial charge in [-0.25, -0.2) is 0 Å². The molecule has 16 heavy (non-hydrogen) atoms. The maximum atomic E-state index is 11.8. The van der Waals surface area contributed by atoms with Gasteiger partial charge in [-0.05, 0) is 43.7 Å². The molecule has 0 saturated heterocycles. The van der Waals surface area contributed by atoms with E-state index >= 15 is 0 Å². The standard InChI is InChI=1S/C13H19NO2/c1-3-16-12-6-4-11(5-7-12)13(15)8-10(2)9-14/h4-7,10H,3,8-9,14H2,1-2H3. The second kappa shape index (κ2) is 6.28. The number of hydrogen-bond donors (Lipinski definition) is 1. The van der Waals surface area contributed by atoms with Gasteiger partial charge in [0.15, 0.2) is 5.78 Å². The number of nitrogens with two attached hydrogens (primary N) is 1. The van der Waals surface area contributed by atoms with Crippen molar-refractivity contribution in [3.63, 3.8) is 0 Å². The van der Waals surface area contributed by atoms with Crippen molar-refractivity contribution in [1.82, 2.24) is 0 Å². The Kier molecular flexibility index (Phi) is 4.99. The Labute approximate surface area is 96.6 Å². The van der Waals surface area contributed by atoms with Crippen molar-refractivity contribution in [2.75, 3.05) is 13.2 Å². The van der Waals surface area contributed by atoms with E-state index in [1.54, 1.807) is 12.1 Å². The summed E-state index contributed by atoms with van der Waals surface area (Å²) in [6.07, 6.45) is 0.504. The third-order valence-electron chi connectivity index (χ3n) is 2.42. The van der Waals surface area contributed by atoms with Crippen molar-refractivity contribution in [2.24, 2.45) is 11.7 Å². The summed E-state index contributed by atoms with van der Waals surface area (Å²) in [6.45, 7) is 5.09. The van der Waals surface area contributed by atoms with Gasteiger partial charge in [0.2, 0.25) is 0 Å². The zero-order valence-electron chi connectivity index (χ0n) is 9.90. The number of Topliss-reactive ketones (excluding diaryl/α,β-unsaturated/α-hetero) is 1. The van der Waals surface area contributed by atoms with E-state index in [0.29, 0.717) is 19.6 Å². The molecular weight excluding hydrogens is 202 g/mol. The summed E-state index contributed by atoms with van der Waals surface area (Å²) in [4.78, 5) is 11.8. The smallest absolute Gasteiger partial charge is 0.163 e. The number of ketones is 1. The number of ether oxygens (including phenoxy) is 1. The van der Waals surface area contributed by atoms with Crippen LogP contribution in [0.2, 0.25) is 0 Å². The van der Waals surface area contributed by atoms with Crippen molar-refractivity contribution < 1.29 is 9.53 Å². The van der Waals surface area contributed by atoms with Gasteiger partial charge in [0, 0.05) is 12.0 Å². The van der Waals surface area contributed by atoms with Crippen LogP contribution in [0.4, 0.5) is 0 Å². The molecule has 0 saturated carbocycles. The van der Waals surface area contributed by atoms with Gasteiger partial charge >= 0.3 is 0 Å². The van der Waals surface area contributed by atoms with Gasteiger partial charge in [-0.1, -0.05) is 6.92 Å². The van der Waals surface area contributed by atoms with Gasteiger partial charge in [-0.15, -0.1) is 0 Å². The first-order chi connectivity index (χ1) is 7.67. The van der Waals surface area contributed by atoms with E-state index in [4.69, 9.17) is 10.5 Å². The topological polar surface area (TPSA) is 52.3 Å². The van der Waals surface area contributed by atoms with Gasteiger partial charge in [-0.3, -0.25) is 4.79 Å². The van der Waals surface area contributed by atoms with Crippen LogP contribution in [-0.4, -0.2) is 18.9 Å². The van der Waals surface area contributed by atoms with Crippen molar-refractivity contribution in [3.8, 4) is 5.75 Å². The van der Waals surface area contributed by atoms with E-state index in [-0.39, 0.29) is 11.7 Å². The molecule has 3 nitrogen and oxygen atoms in total. The molecular formula is C13H19NO2. The number of carbonyl (C=O) groups excluding carboxylic acids is 1. The zero-order chi connectivity index (χ0) is 12.0. The summed E-state index contributed by atoms with van der Waals surface area (Å²) in [5.41, 5.74) is 6.22. The van der Waals surface area contributed by atoms with Crippen LogP contribution < -0.4 is 10.5 Å². The Balaban J connectivity index is 2.63. The first kappa shape index (κ1) is 12.7. The molecule has 0 aliphatic heterocycles. The molecule has 0 heterocycles. The Hall–Kier alpha value is -1.35. The minimum atomic E-state index is 0.140. The van der Waals surface area contributed by atoms with Crippen LogP contribution >= 0.6 is 0 Å². The average molecular weight is 221 g/mol. The molecule has 1 rings (SSSR count). The van der Waals surface area contributed by atoms with E-state index in [1.165, 1.54) is 0 Å². The summed E-state index contributed by atoms with van der Waals surface area (Å²) in [5.74, 6) is 1.17. The molecule has 1 atom stereocenters. The summed E-state index contributed by atoms with van der Waals surface area (Å²) >= 11 is 0. The lowest BCUT2D eigenvalue weighted by atomic mass is 10.00. The Morgan fingerprint density at radius 2 is 2.00 bits per heavy atom. The van der Waals surface area contributed by atoms with Crippen molar-refractivity contribution in [3.05, 3.63) is 29.8 Å². The second-order valence-corrected chi connectivity index (χ2v) is 3.93. The normalized spacial score (nSPS) is 12.2. The number of benzene rings is 1. The fraction of sp³-hybridized carbons (Fsp3) is 0.462. The summed E-state index contributed by atoms with van der Waals surface area (Å²) in [7, 11) is 0. The minimum Gasteiger partial charge on any atom is -0.494 e. The highest BCUT2D eigenvalue weighted by Gasteiger charge is 2.09. The van der Waals surface area contributed by atoms with Crippen LogP contribution in [0.5, 0.6) is 5.75 Å². The van der Waals surface area contributed by atoms with E-state index in [2.05, 4.69) is 0 Å². The van der Waals surface area contributed by atoms with Gasteiger partial charge in [0.1, 0.15) is 5.75 Å². The van der Waals surface area contributed by atoms with Crippen molar-refractivity contribution >= 4 is 5.78 Å². The summed E-state index contributed by atoms with van der Waals surface area (Å²) in [5, 5.41) is 0. The van der Waals surface area contributed by atoms with Crippen molar-refractivity contribution in [1.29, 1.82) is 0 Å². The molecule has 1 aromatic rings. The minimum absolute atomic E-state index is 0.140. The third-order valence-corrected chi connectivity index (χ3v) is 2.42. The molecule has 0 spiro atoms. The lowest BCUT2D eigenvalue weighted by Crippen LogP contribution is -2.15. The SMILES string of the molecule is CCOc1ccc(C(=O)CC(C)CN)cc1. The second-order valence-electron chi connectivity index (χ2n) is 3.93. The highest BCUT2D eigenvalue weighted by atomic mass is 16.5. The molecule has 0 fully saturated rings. The monoisotopic (exact) mass is 221 g/mol. The van der Waals surface area contributed by atoms with E-state index in [1.807, 2.05) is 26.0 Å². The third kappa shape index (κ3) is 3.66. The average Bonchev–Trinajstić information content (AvgIpc) is 2.30. The number of carbonyl (C=O) groups is 1. The molecule has 0 aliphatic rings. The first-order valence-electron chi connectivity index (χ1n) is 5.63. The molecule has 3 heteroatoms. The number of rotatable bonds is 6. The van der Waals surface area contributed by atoms with Crippen LogP contribution in [0.25, 0.3) is 0 Å². The largest absolute Gasteiger partial charge is 0.494 e. The van der Waals surface area contributed by atoms with Crippen molar-refractivity contribution in [2.45, 2.75) is 20.3 Å². The highest BCUT2D eigenvalue weighted by Crippen LogP contribution is 2.15. The van der Waals surface area contributed by atoms with E-state index in [0.717, 1.165) is 11.3 Å². The van der Waals surface area contributed by atoms with Gasteiger partial charge in [0.25, 0.3) is 0 Å². The molecule has 2 N–H and O–H groups in total. The Morgan fingerprint density at radius 3 is 2.50 bits per heavy atom. The quantitative estimate of drug-likeness (QED) is 0.750. The molecule has 0 amide bonds. The lowest BCUT2D eigenvalue weighted by Gasteiger charge is -2.08. The predicted molar refractivity (Wildman–Crippen MR) is 64.8 cm³/mol. The van der Waals surface area contributed by atoms with E-state index in [9.17, 15) is 4.79 Å².